The number of rotatable bonds is 4. The molecule has 2 aromatic heterocycles. The van der Waals surface area contributed by atoms with Crippen molar-refractivity contribution in [3.05, 3.63) is 17.5 Å². The lowest BCUT2D eigenvalue weighted by molar-refractivity contribution is 0.555. The summed E-state index contributed by atoms with van der Waals surface area (Å²) in [4.78, 5) is 4.49. The summed E-state index contributed by atoms with van der Waals surface area (Å²) in [5.41, 5.74) is -0.00284. The predicted molar refractivity (Wildman–Crippen MR) is 76.5 cm³/mol. The van der Waals surface area contributed by atoms with Crippen molar-refractivity contribution in [1.82, 2.24) is 24.1 Å². The van der Waals surface area contributed by atoms with Gasteiger partial charge in [0, 0.05) is 37.0 Å². The maximum Gasteiger partial charge on any atom is 0.202 e. The zero-order valence-corrected chi connectivity index (χ0v) is 12.9. The van der Waals surface area contributed by atoms with Crippen LogP contribution in [0.2, 0.25) is 0 Å². The van der Waals surface area contributed by atoms with Gasteiger partial charge in [0.15, 0.2) is 0 Å². The lowest BCUT2D eigenvalue weighted by Crippen LogP contribution is -2.14. The molecule has 1 N–H and O–H groups in total. The highest BCUT2D eigenvalue weighted by molar-refractivity contribution is 7.09. The summed E-state index contributed by atoms with van der Waals surface area (Å²) in [6, 6.07) is 0. The van der Waals surface area contributed by atoms with E-state index in [1.807, 2.05) is 18.5 Å². The van der Waals surface area contributed by atoms with E-state index in [1.54, 1.807) is 0 Å². The van der Waals surface area contributed by atoms with E-state index in [1.165, 1.54) is 11.5 Å². The Kier molecular flexibility index (Phi) is 3.84. The standard InChI is InChI=1S/C12H20N6S/c1-8-15-16-9(18(8)5)6-7-13-11-14-10(17-19-11)12(2,3)4/h6-7H2,1-5H3,(H,13,14,17). The highest BCUT2D eigenvalue weighted by Crippen LogP contribution is 2.22. The summed E-state index contributed by atoms with van der Waals surface area (Å²) in [6.45, 7) is 9.07. The van der Waals surface area contributed by atoms with E-state index in [4.69, 9.17) is 0 Å². The molecule has 0 atom stereocenters. The molecule has 0 fully saturated rings. The molecule has 6 nitrogen and oxygen atoms in total. The molecule has 0 bridgehead atoms. The number of aromatic nitrogens is 5. The largest absolute Gasteiger partial charge is 0.360 e. The number of nitrogens with zero attached hydrogens (tertiary/aromatic N) is 5. The van der Waals surface area contributed by atoms with Gasteiger partial charge in [-0.1, -0.05) is 20.8 Å². The molecule has 7 heteroatoms. The van der Waals surface area contributed by atoms with Gasteiger partial charge in [0.1, 0.15) is 17.5 Å². The maximum atomic E-state index is 4.49. The van der Waals surface area contributed by atoms with E-state index < -0.39 is 0 Å². The second-order valence-electron chi connectivity index (χ2n) is 5.57. The lowest BCUT2D eigenvalue weighted by Gasteiger charge is -2.12. The highest BCUT2D eigenvalue weighted by Gasteiger charge is 2.19. The van der Waals surface area contributed by atoms with Crippen LogP contribution in [-0.4, -0.2) is 30.7 Å². The predicted octanol–water partition coefficient (Wildman–Crippen LogP) is 1.93. The summed E-state index contributed by atoms with van der Waals surface area (Å²) in [7, 11) is 1.98. The fraction of sp³-hybridized carbons (Fsp3) is 0.667. The topological polar surface area (TPSA) is 68.5 Å². The van der Waals surface area contributed by atoms with Gasteiger partial charge < -0.3 is 9.88 Å². The first kappa shape index (κ1) is 13.9. The minimum atomic E-state index is -0.00284. The molecule has 0 aliphatic carbocycles. The normalized spacial score (nSPS) is 11.8. The molecule has 0 aromatic carbocycles. The Morgan fingerprint density at radius 3 is 2.53 bits per heavy atom. The molecule has 0 spiro atoms. The summed E-state index contributed by atoms with van der Waals surface area (Å²) in [5, 5.41) is 12.3. The number of hydrogen-bond donors (Lipinski definition) is 1. The molecule has 0 radical (unpaired) electrons. The van der Waals surface area contributed by atoms with E-state index >= 15 is 0 Å². The number of aryl methyl sites for hydroxylation is 1. The Balaban J connectivity index is 1.89. The molecule has 2 rings (SSSR count). The van der Waals surface area contributed by atoms with Crippen molar-refractivity contribution in [2.75, 3.05) is 11.9 Å². The van der Waals surface area contributed by atoms with E-state index in [-0.39, 0.29) is 5.41 Å². The molecule has 104 valence electrons. The molecule has 0 aliphatic rings. The van der Waals surface area contributed by atoms with Gasteiger partial charge in [-0.05, 0) is 6.92 Å². The monoisotopic (exact) mass is 280 g/mol. The molecule has 0 saturated carbocycles. The van der Waals surface area contributed by atoms with Crippen LogP contribution in [0.1, 0.15) is 38.2 Å². The van der Waals surface area contributed by atoms with Crippen molar-refractivity contribution < 1.29 is 0 Å². The Labute approximate surface area is 117 Å². The van der Waals surface area contributed by atoms with Gasteiger partial charge in [0.25, 0.3) is 0 Å². The summed E-state index contributed by atoms with van der Waals surface area (Å²) in [6.07, 6.45) is 0.821. The minimum Gasteiger partial charge on any atom is -0.360 e. The van der Waals surface area contributed by atoms with Crippen LogP contribution in [0.3, 0.4) is 0 Å². The summed E-state index contributed by atoms with van der Waals surface area (Å²) < 4.78 is 6.37. The fourth-order valence-corrected chi connectivity index (χ4v) is 2.33. The Morgan fingerprint density at radius 1 is 1.26 bits per heavy atom. The molecular formula is C12H20N6S. The van der Waals surface area contributed by atoms with E-state index in [0.29, 0.717) is 0 Å². The van der Waals surface area contributed by atoms with Crippen molar-refractivity contribution in [2.24, 2.45) is 7.05 Å². The smallest absolute Gasteiger partial charge is 0.202 e. The second kappa shape index (κ2) is 5.24. The second-order valence-corrected chi connectivity index (χ2v) is 6.32. The zero-order chi connectivity index (χ0) is 14.0. The van der Waals surface area contributed by atoms with Gasteiger partial charge in [-0.3, -0.25) is 0 Å². The van der Waals surface area contributed by atoms with Crippen LogP contribution in [0.15, 0.2) is 0 Å². The first-order valence-electron chi connectivity index (χ1n) is 6.31. The third-order valence-corrected chi connectivity index (χ3v) is 3.58. The highest BCUT2D eigenvalue weighted by atomic mass is 32.1. The first-order chi connectivity index (χ1) is 8.88. The molecule has 0 unspecified atom stereocenters. The van der Waals surface area contributed by atoms with E-state index in [2.05, 4.69) is 45.6 Å². The van der Waals surface area contributed by atoms with E-state index in [0.717, 1.165) is 35.6 Å². The fourth-order valence-electron chi connectivity index (χ4n) is 1.55. The van der Waals surface area contributed by atoms with Crippen molar-refractivity contribution >= 4 is 16.7 Å². The molecule has 0 aliphatic heterocycles. The minimum absolute atomic E-state index is 0.00284. The summed E-state index contributed by atoms with van der Waals surface area (Å²) >= 11 is 1.41. The average Bonchev–Trinajstić information content (AvgIpc) is 2.90. The van der Waals surface area contributed by atoms with Crippen LogP contribution in [0.25, 0.3) is 0 Å². The van der Waals surface area contributed by atoms with Gasteiger partial charge in [0.2, 0.25) is 5.13 Å². The quantitative estimate of drug-likeness (QED) is 0.926. The van der Waals surface area contributed by atoms with Gasteiger partial charge in [0.05, 0.1) is 0 Å². The Hall–Kier alpha value is -1.50. The lowest BCUT2D eigenvalue weighted by atomic mass is 9.96. The third-order valence-electron chi connectivity index (χ3n) is 2.90. The summed E-state index contributed by atoms with van der Waals surface area (Å²) in [5.74, 6) is 2.79. The van der Waals surface area contributed by atoms with Crippen LogP contribution >= 0.6 is 11.5 Å². The number of nitrogens with one attached hydrogen (secondary N) is 1. The molecule has 0 amide bonds. The molecule has 2 aromatic rings. The van der Waals surface area contributed by atoms with Crippen LogP contribution in [0.5, 0.6) is 0 Å². The van der Waals surface area contributed by atoms with Crippen molar-refractivity contribution in [1.29, 1.82) is 0 Å². The Bertz CT molecular complexity index is 551. The van der Waals surface area contributed by atoms with Gasteiger partial charge in [-0.25, -0.2) is 4.98 Å². The van der Waals surface area contributed by atoms with Crippen LogP contribution in [-0.2, 0) is 18.9 Å². The molecule has 0 saturated heterocycles. The van der Waals surface area contributed by atoms with Crippen molar-refractivity contribution in [3.8, 4) is 0 Å². The van der Waals surface area contributed by atoms with Crippen LogP contribution in [0.4, 0.5) is 5.13 Å². The molecular weight excluding hydrogens is 260 g/mol. The average molecular weight is 280 g/mol. The van der Waals surface area contributed by atoms with Crippen LogP contribution < -0.4 is 5.32 Å². The maximum absolute atomic E-state index is 4.49. The molecule has 19 heavy (non-hydrogen) atoms. The van der Waals surface area contributed by atoms with Crippen molar-refractivity contribution in [3.63, 3.8) is 0 Å². The van der Waals surface area contributed by atoms with Gasteiger partial charge >= 0.3 is 0 Å². The molecule has 2 heterocycles. The van der Waals surface area contributed by atoms with Crippen molar-refractivity contribution in [2.45, 2.75) is 39.5 Å². The first-order valence-corrected chi connectivity index (χ1v) is 7.08. The van der Waals surface area contributed by atoms with Gasteiger partial charge in [-0.15, -0.1) is 10.2 Å². The number of anilines is 1. The SMILES string of the molecule is Cc1nnc(CCNc2nc(C(C)(C)C)ns2)n1C. The number of hydrogen-bond acceptors (Lipinski definition) is 6. The third kappa shape index (κ3) is 3.28. The van der Waals surface area contributed by atoms with Gasteiger partial charge in [-0.2, -0.15) is 4.37 Å². The van der Waals surface area contributed by atoms with Crippen LogP contribution in [0, 0.1) is 6.92 Å². The zero-order valence-electron chi connectivity index (χ0n) is 12.1. The Morgan fingerprint density at radius 2 is 2.00 bits per heavy atom. The van der Waals surface area contributed by atoms with E-state index in [9.17, 15) is 0 Å².